The van der Waals surface area contributed by atoms with Crippen LogP contribution in [0, 0.1) is 6.92 Å². The van der Waals surface area contributed by atoms with Crippen LogP contribution in [0.15, 0.2) is 83.8 Å². The van der Waals surface area contributed by atoms with E-state index in [1.807, 2.05) is 30.0 Å². The molecule has 3 aromatic carbocycles. The lowest BCUT2D eigenvalue weighted by atomic mass is 10.0. The second-order valence-electron chi connectivity index (χ2n) is 8.52. The van der Waals surface area contributed by atoms with Gasteiger partial charge in [-0.15, -0.1) is 0 Å². The molecular formula is C26H29N3O3S. The van der Waals surface area contributed by atoms with Crippen LogP contribution in [0.3, 0.4) is 0 Å². The van der Waals surface area contributed by atoms with E-state index in [-0.39, 0.29) is 16.8 Å². The van der Waals surface area contributed by atoms with Gasteiger partial charge < -0.3 is 9.80 Å². The van der Waals surface area contributed by atoms with Gasteiger partial charge >= 0.3 is 0 Å². The van der Waals surface area contributed by atoms with Crippen molar-refractivity contribution < 1.29 is 13.2 Å². The number of anilines is 1. The van der Waals surface area contributed by atoms with Gasteiger partial charge in [-0.3, -0.25) is 9.10 Å². The molecule has 0 spiro atoms. The summed E-state index contributed by atoms with van der Waals surface area (Å²) in [4.78, 5) is 17.8. The average Bonchev–Trinajstić information content (AvgIpc) is 2.84. The van der Waals surface area contributed by atoms with Crippen molar-refractivity contribution in [3.05, 3.63) is 95.6 Å². The van der Waals surface area contributed by atoms with Gasteiger partial charge in [-0.05, 0) is 55.9 Å². The van der Waals surface area contributed by atoms with E-state index in [1.54, 1.807) is 48.5 Å². The summed E-state index contributed by atoms with van der Waals surface area (Å²) in [7, 11) is -0.0888. The van der Waals surface area contributed by atoms with Crippen molar-refractivity contribution in [3.8, 4) is 0 Å². The average molecular weight is 464 g/mol. The molecule has 0 radical (unpaired) electrons. The van der Waals surface area contributed by atoms with Crippen LogP contribution in [-0.4, -0.2) is 57.9 Å². The van der Waals surface area contributed by atoms with Crippen molar-refractivity contribution in [1.82, 2.24) is 9.80 Å². The van der Waals surface area contributed by atoms with Crippen LogP contribution in [-0.2, 0) is 10.0 Å². The van der Waals surface area contributed by atoms with E-state index in [2.05, 4.69) is 24.1 Å². The molecule has 0 saturated carbocycles. The second kappa shape index (κ2) is 9.37. The zero-order valence-electron chi connectivity index (χ0n) is 19.2. The highest BCUT2D eigenvalue weighted by molar-refractivity contribution is 7.92. The van der Waals surface area contributed by atoms with E-state index in [0.29, 0.717) is 17.8 Å². The zero-order valence-corrected chi connectivity index (χ0v) is 20.0. The van der Waals surface area contributed by atoms with Gasteiger partial charge in [0.1, 0.15) is 0 Å². The number of carbonyl (C=O) groups is 1. The van der Waals surface area contributed by atoms with Crippen LogP contribution in [0.2, 0.25) is 0 Å². The third-order valence-corrected chi connectivity index (χ3v) is 7.99. The largest absolute Gasteiger partial charge is 0.329 e. The first-order valence-electron chi connectivity index (χ1n) is 11.0. The molecule has 1 unspecified atom stereocenters. The Morgan fingerprint density at radius 3 is 2.18 bits per heavy atom. The van der Waals surface area contributed by atoms with E-state index in [1.165, 1.54) is 11.4 Å². The van der Waals surface area contributed by atoms with Crippen molar-refractivity contribution in [2.24, 2.45) is 0 Å². The Hall–Kier alpha value is -3.16. The molecule has 7 heteroatoms. The molecule has 0 N–H and O–H groups in total. The van der Waals surface area contributed by atoms with Crippen LogP contribution in [0.5, 0.6) is 0 Å². The predicted molar refractivity (Wildman–Crippen MR) is 131 cm³/mol. The quantitative estimate of drug-likeness (QED) is 0.575. The molecule has 3 aromatic rings. The number of hydrogen-bond donors (Lipinski definition) is 0. The molecule has 1 heterocycles. The van der Waals surface area contributed by atoms with Gasteiger partial charge in [-0.2, -0.15) is 0 Å². The maximum atomic E-state index is 13.4. The number of nitrogens with zero attached hydrogens (tertiary/aromatic N) is 3. The highest BCUT2D eigenvalue weighted by atomic mass is 32.2. The van der Waals surface area contributed by atoms with Crippen LogP contribution in [0.25, 0.3) is 0 Å². The first kappa shape index (κ1) is 23.0. The third kappa shape index (κ3) is 4.79. The molecule has 1 atom stereocenters. The normalized spacial score (nSPS) is 17.1. The van der Waals surface area contributed by atoms with E-state index < -0.39 is 10.0 Å². The molecule has 4 rings (SSSR count). The van der Waals surface area contributed by atoms with Crippen LogP contribution >= 0.6 is 0 Å². The van der Waals surface area contributed by atoms with Crippen molar-refractivity contribution in [1.29, 1.82) is 0 Å². The summed E-state index contributed by atoms with van der Waals surface area (Å²) in [6.45, 7) is 4.13. The number of hydrogen-bond acceptors (Lipinski definition) is 4. The summed E-state index contributed by atoms with van der Waals surface area (Å²) >= 11 is 0. The fourth-order valence-corrected chi connectivity index (χ4v) is 5.31. The minimum Gasteiger partial charge on any atom is -0.329 e. The first-order chi connectivity index (χ1) is 15.8. The molecule has 0 aromatic heterocycles. The molecule has 6 nitrogen and oxygen atoms in total. The van der Waals surface area contributed by atoms with Crippen LogP contribution in [0.4, 0.5) is 5.69 Å². The number of carbonyl (C=O) groups excluding carboxylic acids is 1. The third-order valence-electron chi connectivity index (χ3n) is 6.19. The fourth-order valence-electron chi connectivity index (χ4n) is 4.11. The minimum atomic E-state index is -3.68. The molecule has 1 aliphatic rings. The summed E-state index contributed by atoms with van der Waals surface area (Å²) in [5.74, 6) is -0.0486. The summed E-state index contributed by atoms with van der Waals surface area (Å²) < 4.78 is 27.2. The molecule has 1 fully saturated rings. The highest BCUT2D eigenvalue weighted by Gasteiger charge is 2.31. The summed E-state index contributed by atoms with van der Waals surface area (Å²) in [5, 5.41) is 0. The molecular weight excluding hydrogens is 434 g/mol. The standard InChI is InChI=1S/C26H29N3O3S/c1-20-9-15-24(16-10-20)33(31,32)28(3)23-13-11-22(12-14-23)26(30)29-18-17-27(2)19-25(29)21-7-5-4-6-8-21/h4-16,25H,17-19H2,1-3H3. The number of sulfonamides is 1. The maximum absolute atomic E-state index is 13.4. The van der Waals surface area contributed by atoms with Crippen LogP contribution < -0.4 is 4.31 Å². The van der Waals surface area contributed by atoms with Crippen molar-refractivity contribution in [2.45, 2.75) is 17.9 Å². The summed E-state index contributed by atoms with van der Waals surface area (Å²) in [6.07, 6.45) is 0. The Morgan fingerprint density at radius 2 is 1.55 bits per heavy atom. The van der Waals surface area contributed by atoms with E-state index in [0.717, 1.165) is 24.2 Å². The van der Waals surface area contributed by atoms with Crippen molar-refractivity contribution >= 4 is 21.6 Å². The lowest BCUT2D eigenvalue weighted by Crippen LogP contribution is -2.49. The number of aryl methyl sites for hydroxylation is 1. The number of piperazine rings is 1. The topological polar surface area (TPSA) is 60.9 Å². The zero-order chi connectivity index (χ0) is 23.6. The Morgan fingerprint density at radius 1 is 0.909 bits per heavy atom. The minimum absolute atomic E-state index is 0.0262. The summed E-state index contributed by atoms with van der Waals surface area (Å²) in [6, 6.07) is 23.6. The molecule has 0 bridgehead atoms. The number of likely N-dealkylation sites (N-methyl/N-ethyl adjacent to an activating group) is 1. The Balaban J connectivity index is 1.56. The van der Waals surface area contributed by atoms with Crippen LogP contribution in [0.1, 0.15) is 27.5 Å². The molecule has 33 heavy (non-hydrogen) atoms. The monoisotopic (exact) mass is 463 g/mol. The van der Waals surface area contributed by atoms with Crippen molar-refractivity contribution in [3.63, 3.8) is 0 Å². The highest BCUT2D eigenvalue weighted by Crippen LogP contribution is 2.28. The van der Waals surface area contributed by atoms with Gasteiger partial charge in [0, 0.05) is 32.2 Å². The first-order valence-corrected chi connectivity index (χ1v) is 12.4. The lowest BCUT2D eigenvalue weighted by Gasteiger charge is -2.40. The fraction of sp³-hybridized carbons (Fsp3) is 0.269. The predicted octanol–water partition coefficient (Wildman–Crippen LogP) is 3.95. The van der Waals surface area contributed by atoms with Crippen molar-refractivity contribution in [2.75, 3.05) is 38.0 Å². The second-order valence-corrected chi connectivity index (χ2v) is 10.5. The number of rotatable bonds is 5. The van der Waals surface area contributed by atoms with Gasteiger partial charge in [0.25, 0.3) is 15.9 Å². The van der Waals surface area contributed by atoms with E-state index in [9.17, 15) is 13.2 Å². The Bertz CT molecular complexity index is 1210. The van der Waals surface area contributed by atoms with Gasteiger partial charge in [0.05, 0.1) is 16.6 Å². The molecule has 1 saturated heterocycles. The SMILES string of the molecule is Cc1ccc(S(=O)(=O)N(C)c2ccc(C(=O)N3CCN(C)CC3c3ccccc3)cc2)cc1. The van der Waals surface area contributed by atoms with Gasteiger partial charge in [-0.25, -0.2) is 8.42 Å². The lowest BCUT2D eigenvalue weighted by molar-refractivity contribution is 0.0498. The Labute approximate surface area is 196 Å². The molecule has 1 amide bonds. The Kier molecular flexibility index (Phi) is 6.54. The maximum Gasteiger partial charge on any atom is 0.264 e. The van der Waals surface area contributed by atoms with Gasteiger partial charge in [0.2, 0.25) is 0 Å². The number of benzene rings is 3. The summed E-state index contributed by atoms with van der Waals surface area (Å²) in [5.41, 5.74) is 3.16. The van der Waals surface area contributed by atoms with Gasteiger partial charge in [-0.1, -0.05) is 48.0 Å². The van der Waals surface area contributed by atoms with Gasteiger partial charge in [0.15, 0.2) is 0 Å². The van der Waals surface area contributed by atoms with E-state index in [4.69, 9.17) is 0 Å². The smallest absolute Gasteiger partial charge is 0.264 e. The molecule has 172 valence electrons. The number of amides is 1. The van der Waals surface area contributed by atoms with E-state index >= 15 is 0 Å². The molecule has 1 aliphatic heterocycles. The molecule has 0 aliphatic carbocycles.